The van der Waals surface area contributed by atoms with Crippen LogP contribution in [-0.2, 0) is 28.6 Å². The Labute approximate surface area is 176 Å². The highest BCUT2D eigenvalue weighted by atomic mass is 16.6. The maximum Gasteiger partial charge on any atom is 0.309 e. The third kappa shape index (κ3) is 1.94. The lowest BCUT2D eigenvalue weighted by molar-refractivity contribution is -0.172. The van der Waals surface area contributed by atoms with Gasteiger partial charge in [-0.05, 0) is 50.5 Å². The van der Waals surface area contributed by atoms with E-state index >= 15 is 0 Å². The minimum absolute atomic E-state index is 0.0303. The van der Waals surface area contributed by atoms with Gasteiger partial charge in [0, 0.05) is 29.6 Å². The highest BCUT2D eigenvalue weighted by Gasteiger charge is 2.83. The highest BCUT2D eigenvalue weighted by Crippen LogP contribution is 2.78. The van der Waals surface area contributed by atoms with Gasteiger partial charge in [0.25, 0.3) is 0 Å². The van der Waals surface area contributed by atoms with Crippen LogP contribution in [-0.4, -0.2) is 42.1 Å². The van der Waals surface area contributed by atoms with E-state index in [1.165, 1.54) is 7.11 Å². The fourth-order valence-corrected chi connectivity index (χ4v) is 8.69. The van der Waals surface area contributed by atoms with E-state index in [0.29, 0.717) is 19.3 Å². The standard InChI is InChI=1S/C24H30O6/c1-21-7-4-14(25)10-13(21)11-15(20(27)28-3)19-16-5-8-23(9-6-18(26)30-23)22(16,2)12-17-24(19,21)29-17/h10,15-17,19H,4-9,11-12H2,1-3H3/t15-,16?,17?,19+,21+,22+,23?,24-/m1/s1. The number of hydrogen-bond acceptors (Lipinski definition) is 6. The topological polar surface area (TPSA) is 82.2 Å². The normalized spacial score (nSPS) is 53.2. The van der Waals surface area contributed by atoms with Crippen LogP contribution < -0.4 is 0 Å². The fraction of sp³-hybridized carbons (Fsp3) is 0.792. The molecule has 2 saturated heterocycles. The number of carbonyl (C=O) groups is 3. The third-order valence-corrected chi connectivity index (χ3v) is 10.2. The SMILES string of the molecule is COC(=O)[C@@H]1CC2=CC(=O)CC[C@]2(C)[C@@]23OC2C[C@@]2(C)C(CCC24CCC(=O)O4)[C@H]13. The monoisotopic (exact) mass is 414 g/mol. The van der Waals surface area contributed by atoms with Gasteiger partial charge in [-0.2, -0.15) is 0 Å². The van der Waals surface area contributed by atoms with Crippen molar-refractivity contribution in [3.8, 4) is 0 Å². The van der Waals surface area contributed by atoms with Crippen LogP contribution >= 0.6 is 0 Å². The molecule has 6 rings (SSSR count). The van der Waals surface area contributed by atoms with E-state index in [1.54, 1.807) is 6.08 Å². The second kappa shape index (κ2) is 5.56. The minimum atomic E-state index is -0.424. The number of rotatable bonds is 1. The Hall–Kier alpha value is -1.69. The van der Waals surface area contributed by atoms with Gasteiger partial charge in [0.1, 0.15) is 11.2 Å². The van der Waals surface area contributed by atoms with E-state index in [9.17, 15) is 14.4 Å². The van der Waals surface area contributed by atoms with Gasteiger partial charge in [-0.1, -0.05) is 19.4 Å². The predicted octanol–water partition coefficient (Wildman–Crippen LogP) is 3.12. The third-order valence-electron chi connectivity index (χ3n) is 10.2. The molecule has 6 heteroatoms. The van der Waals surface area contributed by atoms with Crippen molar-refractivity contribution in [1.29, 1.82) is 0 Å². The molecule has 6 nitrogen and oxygen atoms in total. The van der Waals surface area contributed by atoms with Gasteiger partial charge in [-0.3, -0.25) is 14.4 Å². The Bertz CT molecular complexity index is 907. The van der Waals surface area contributed by atoms with Gasteiger partial charge >= 0.3 is 11.9 Å². The first-order chi connectivity index (χ1) is 14.2. The number of ketones is 1. The second-order valence-corrected chi connectivity index (χ2v) is 11.0. The van der Waals surface area contributed by atoms with Crippen LogP contribution in [0.5, 0.6) is 0 Å². The molecule has 8 atom stereocenters. The molecule has 3 unspecified atom stereocenters. The number of ether oxygens (including phenoxy) is 3. The zero-order valence-corrected chi connectivity index (χ0v) is 18.0. The summed E-state index contributed by atoms with van der Waals surface area (Å²) in [6.07, 6.45) is 7.61. The number of esters is 2. The van der Waals surface area contributed by atoms with E-state index in [2.05, 4.69) is 13.8 Å². The molecule has 0 aromatic carbocycles. The lowest BCUT2D eigenvalue weighted by Gasteiger charge is -2.58. The van der Waals surface area contributed by atoms with Crippen molar-refractivity contribution in [2.75, 3.05) is 7.11 Å². The smallest absolute Gasteiger partial charge is 0.309 e. The molecule has 0 radical (unpaired) electrons. The molecule has 0 bridgehead atoms. The van der Waals surface area contributed by atoms with E-state index in [-0.39, 0.29) is 52.4 Å². The summed E-state index contributed by atoms with van der Waals surface area (Å²) in [4.78, 5) is 37.4. The van der Waals surface area contributed by atoms with Gasteiger partial charge in [0.15, 0.2) is 5.78 Å². The first kappa shape index (κ1) is 19.0. The molecule has 6 aliphatic rings. The molecule has 2 aliphatic heterocycles. The first-order valence-electron chi connectivity index (χ1n) is 11.4. The minimum Gasteiger partial charge on any atom is -0.469 e. The predicted molar refractivity (Wildman–Crippen MR) is 105 cm³/mol. The Morgan fingerprint density at radius 3 is 2.67 bits per heavy atom. The van der Waals surface area contributed by atoms with Crippen LogP contribution in [0.4, 0.5) is 0 Å². The van der Waals surface area contributed by atoms with Gasteiger partial charge < -0.3 is 14.2 Å². The summed E-state index contributed by atoms with van der Waals surface area (Å²) in [6, 6.07) is 0. The summed E-state index contributed by atoms with van der Waals surface area (Å²) in [5, 5.41) is 0. The van der Waals surface area contributed by atoms with Crippen molar-refractivity contribution in [3.05, 3.63) is 11.6 Å². The lowest BCUT2D eigenvalue weighted by Crippen LogP contribution is -2.63. The van der Waals surface area contributed by atoms with Crippen molar-refractivity contribution in [3.63, 3.8) is 0 Å². The van der Waals surface area contributed by atoms with Gasteiger partial charge in [0.2, 0.25) is 0 Å². The summed E-state index contributed by atoms with van der Waals surface area (Å²) < 4.78 is 17.9. The molecular weight excluding hydrogens is 384 g/mol. The Balaban J connectivity index is 1.49. The van der Waals surface area contributed by atoms with Crippen LogP contribution in [0.2, 0.25) is 0 Å². The molecule has 5 fully saturated rings. The average molecular weight is 414 g/mol. The number of epoxide rings is 1. The Kier molecular flexibility index (Phi) is 3.53. The summed E-state index contributed by atoms with van der Waals surface area (Å²) in [5.74, 6) is -0.201. The van der Waals surface area contributed by atoms with E-state index in [1.807, 2.05) is 0 Å². The molecule has 3 saturated carbocycles. The highest BCUT2D eigenvalue weighted by molar-refractivity contribution is 5.92. The van der Waals surface area contributed by atoms with Gasteiger partial charge in [-0.15, -0.1) is 0 Å². The van der Waals surface area contributed by atoms with Crippen molar-refractivity contribution in [1.82, 2.24) is 0 Å². The van der Waals surface area contributed by atoms with Crippen molar-refractivity contribution in [2.24, 2.45) is 28.6 Å². The molecule has 0 aromatic rings. The molecule has 4 aliphatic carbocycles. The van der Waals surface area contributed by atoms with E-state index in [0.717, 1.165) is 37.7 Å². The van der Waals surface area contributed by atoms with E-state index in [4.69, 9.17) is 14.2 Å². The Morgan fingerprint density at radius 2 is 1.97 bits per heavy atom. The molecule has 30 heavy (non-hydrogen) atoms. The summed E-state index contributed by atoms with van der Waals surface area (Å²) in [7, 11) is 1.45. The average Bonchev–Trinajstić information content (AvgIpc) is 3.20. The largest absolute Gasteiger partial charge is 0.469 e. The molecule has 0 N–H and O–H groups in total. The number of fused-ring (bicyclic) bond motifs is 4. The molecular formula is C24H30O6. The van der Waals surface area contributed by atoms with Crippen LogP contribution in [0.1, 0.15) is 65.2 Å². The molecule has 0 amide bonds. The van der Waals surface area contributed by atoms with Crippen molar-refractivity contribution in [2.45, 2.75) is 82.5 Å². The maximum atomic E-state index is 13.0. The zero-order valence-electron chi connectivity index (χ0n) is 18.0. The van der Waals surface area contributed by atoms with Crippen molar-refractivity contribution >= 4 is 17.7 Å². The van der Waals surface area contributed by atoms with Crippen LogP contribution in [0.25, 0.3) is 0 Å². The number of carbonyl (C=O) groups excluding carboxylic acids is 3. The first-order valence-corrected chi connectivity index (χ1v) is 11.4. The van der Waals surface area contributed by atoms with E-state index < -0.39 is 11.2 Å². The molecule has 0 aromatic heterocycles. The van der Waals surface area contributed by atoms with Gasteiger partial charge in [-0.25, -0.2) is 0 Å². The lowest BCUT2D eigenvalue weighted by atomic mass is 9.43. The molecule has 162 valence electrons. The van der Waals surface area contributed by atoms with Crippen LogP contribution in [0, 0.1) is 28.6 Å². The second-order valence-electron chi connectivity index (χ2n) is 11.0. The fourth-order valence-electron chi connectivity index (χ4n) is 8.69. The molecule has 2 spiro atoms. The summed E-state index contributed by atoms with van der Waals surface area (Å²) in [6.45, 7) is 4.51. The molecule has 2 heterocycles. The summed E-state index contributed by atoms with van der Waals surface area (Å²) >= 11 is 0. The number of methoxy groups -OCH3 is 1. The Morgan fingerprint density at radius 1 is 1.17 bits per heavy atom. The van der Waals surface area contributed by atoms with Crippen LogP contribution in [0.3, 0.4) is 0 Å². The number of hydrogen-bond donors (Lipinski definition) is 0. The van der Waals surface area contributed by atoms with Crippen molar-refractivity contribution < 1.29 is 28.6 Å². The maximum absolute atomic E-state index is 13.0. The van der Waals surface area contributed by atoms with Crippen LogP contribution in [0.15, 0.2) is 11.6 Å². The quantitative estimate of drug-likeness (QED) is 0.484. The summed E-state index contributed by atoms with van der Waals surface area (Å²) in [5.41, 5.74) is -0.175. The zero-order chi connectivity index (χ0) is 21.1. The van der Waals surface area contributed by atoms with Gasteiger partial charge in [0.05, 0.1) is 19.1 Å².